The fourth-order valence-electron chi connectivity index (χ4n) is 2.98. The van der Waals surface area contributed by atoms with Gasteiger partial charge in [0.15, 0.2) is 0 Å². The molecule has 24 heavy (non-hydrogen) atoms. The number of benzene rings is 2. The Labute approximate surface area is 178 Å². The van der Waals surface area contributed by atoms with Crippen molar-refractivity contribution < 1.29 is 58.9 Å². The number of hydrogen-bond donors (Lipinski definition) is 0. The van der Waals surface area contributed by atoms with Crippen LogP contribution in [0.25, 0.3) is 0 Å². The summed E-state index contributed by atoms with van der Waals surface area (Å²) in [5.74, 6) is 0.325. The predicted molar refractivity (Wildman–Crippen MR) is 85.3 cm³/mol. The normalized spacial score (nSPS) is 9.12. The minimum atomic E-state index is 0. The van der Waals surface area contributed by atoms with Gasteiger partial charge in [-0.05, 0) is 17.0 Å². The third kappa shape index (κ3) is 5.72. The number of aryl methyl sites for hydroxylation is 2. The van der Waals surface area contributed by atoms with Gasteiger partial charge in [0.25, 0.3) is 0 Å². The standard InChI is InChI=1S/C20H19.3ClH.Ti/c1-15-13-16(2)19(14-15)20(17-9-5-3-6-10-17)18-11-7-4-8-12-18;;;;/h3-14,20H,1-2H3;3*1H;/q-1;;;;+4/p-3. The molecule has 0 saturated carbocycles. The molecule has 0 saturated heterocycles. The molecule has 0 unspecified atom stereocenters. The fraction of sp³-hybridized carbons (Fsp3) is 0.150. The minimum Gasteiger partial charge on any atom is -1.00 e. The molecule has 0 nitrogen and oxygen atoms in total. The van der Waals surface area contributed by atoms with E-state index in [1.807, 2.05) is 0 Å². The van der Waals surface area contributed by atoms with Gasteiger partial charge in [-0.2, -0.15) is 11.6 Å². The van der Waals surface area contributed by atoms with Crippen LogP contribution in [-0.4, -0.2) is 0 Å². The summed E-state index contributed by atoms with van der Waals surface area (Å²) in [4.78, 5) is 0. The van der Waals surface area contributed by atoms with Crippen LogP contribution in [0.5, 0.6) is 0 Å². The van der Waals surface area contributed by atoms with E-state index in [0.29, 0.717) is 5.92 Å². The van der Waals surface area contributed by atoms with Crippen molar-refractivity contribution in [1.29, 1.82) is 0 Å². The zero-order valence-electron chi connectivity index (χ0n) is 13.6. The Hall–Kier alpha value is -0.626. The van der Waals surface area contributed by atoms with Crippen LogP contribution >= 0.6 is 0 Å². The van der Waals surface area contributed by atoms with Crippen LogP contribution in [0.1, 0.15) is 33.7 Å². The van der Waals surface area contributed by atoms with Crippen LogP contribution < -0.4 is 37.2 Å². The van der Waals surface area contributed by atoms with Gasteiger partial charge in [0.1, 0.15) is 0 Å². The summed E-state index contributed by atoms with van der Waals surface area (Å²) >= 11 is 0. The summed E-state index contributed by atoms with van der Waals surface area (Å²) in [6.07, 6.45) is 0. The van der Waals surface area contributed by atoms with E-state index in [9.17, 15) is 0 Å². The maximum Gasteiger partial charge on any atom is 4.00 e. The third-order valence-corrected chi connectivity index (χ3v) is 3.86. The van der Waals surface area contributed by atoms with Gasteiger partial charge < -0.3 is 37.2 Å². The SMILES string of the molecule is Cc1cc(C)[c-](C(c2ccccc2)c2ccccc2)c1.[Cl-].[Cl-].[Cl-].[Ti+4]. The molecule has 0 amide bonds. The van der Waals surface area contributed by atoms with E-state index in [2.05, 4.69) is 86.6 Å². The summed E-state index contributed by atoms with van der Waals surface area (Å²) in [5.41, 5.74) is 6.84. The van der Waals surface area contributed by atoms with Crippen molar-refractivity contribution in [2.45, 2.75) is 19.8 Å². The molecular weight excluding hydrogens is 394 g/mol. The van der Waals surface area contributed by atoms with Crippen molar-refractivity contribution in [2.75, 3.05) is 0 Å². The molecule has 0 aromatic heterocycles. The van der Waals surface area contributed by atoms with Gasteiger partial charge in [-0.1, -0.05) is 74.5 Å². The largest absolute Gasteiger partial charge is 4.00 e. The molecule has 0 atom stereocenters. The Kier molecular flexibility index (Phi) is 12.6. The summed E-state index contributed by atoms with van der Waals surface area (Å²) in [6, 6.07) is 26.1. The molecule has 124 valence electrons. The molecule has 0 N–H and O–H groups in total. The first kappa shape index (κ1) is 25.6. The fourth-order valence-corrected chi connectivity index (χ4v) is 2.98. The van der Waals surface area contributed by atoms with E-state index < -0.39 is 0 Å². The first-order chi connectivity index (χ1) is 9.75. The molecule has 3 aromatic rings. The van der Waals surface area contributed by atoms with Crippen molar-refractivity contribution in [2.24, 2.45) is 0 Å². The second-order valence-electron chi connectivity index (χ2n) is 5.43. The molecule has 4 heteroatoms. The Morgan fingerprint density at radius 1 is 0.708 bits per heavy atom. The van der Waals surface area contributed by atoms with Crippen LogP contribution in [-0.2, 0) is 21.7 Å². The van der Waals surface area contributed by atoms with Crippen molar-refractivity contribution in [1.82, 2.24) is 0 Å². The van der Waals surface area contributed by atoms with E-state index in [1.165, 1.54) is 27.8 Å². The first-order valence-corrected chi connectivity index (χ1v) is 7.09. The molecular formula is C20H19Cl3Ti. The molecule has 3 aromatic carbocycles. The van der Waals surface area contributed by atoms with Gasteiger partial charge in [-0.25, -0.2) is 11.6 Å². The van der Waals surface area contributed by atoms with Gasteiger partial charge >= 0.3 is 21.7 Å². The van der Waals surface area contributed by atoms with E-state index in [4.69, 9.17) is 0 Å². The summed E-state index contributed by atoms with van der Waals surface area (Å²) in [6.45, 7) is 4.38. The molecule has 0 bridgehead atoms. The average Bonchev–Trinajstić information content (AvgIpc) is 2.80. The maximum atomic E-state index is 2.32. The second kappa shape index (κ2) is 11.8. The maximum absolute atomic E-state index is 2.32. The summed E-state index contributed by atoms with van der Waals surface area (Å²) in [7, 11) is 0. The minimum absolute atomic E-state index is 0. The van der Waals surface area contributed by atoms with E-state index in [-0.39, 0.29) is 58.9 Å². The topological polar surface area (TPSA) is 0 Å². The summed E-state index contributed by atoms with van der Waals surface area (Å²) < 4.78 is 0. The monoisotopic (exact) mass is 412 g/mol. The summed E-state index contributed by atoms with van der Waals surface area (Å²) in [5, 5.41) is 0. The van der Waals surface area contributed by atoms with Gasteiger partial charge in [0, 0.05) is 0 Å². The van der Waals surface area contributed by atoms with E-state index >= 15 is 0 Å². The van der Waals surface area contributed by atoms with Crippen molar-refractivity contribution >= 4 is 0 Å². The molecule has 0 aliphatic carbocycles. The molecule has 0 aliphatic heterocycles. The molecule has 0 fully saturated rings. The molecule has 0 spiro atoms. The Bertz CT molecular complexity index is 654. The van der Waals surface area contributed by atoms with Crippen LogP contribution in [0.3, 0.4) is 0 Å². The Morgan fingerprint density at radius 3 is 1.46 bits per heavy atom. The smallest absolute Gasteiger partial charge is 1.00 e. The number of halogens is 3. The molecule has 0 heterocycles. The molecule has 0 radical (unpaired) electrons. The molecule has 0 aliphatic rings. The van der Waals surface area contributed by atoms with Crippen LogP contribution in [0, 0.1) is 13.8 Å². The van der Waals surface area contributed by atoms with Crippen LogP contribution in [0.15, 0.2) is 72.8 Å². The van der Waals surface area contributed by atoms with Gasteiger partial charge in [-0.15, -0.1) is 5.56 Å². The zero-order chi connectivity index (χ0) is 13.9. The van der Waals surface area contributed by atoms with Gasteiger partial charge in [0.05, 0.1) is 0 Å². The van der Waals surface area contributed by atoms with E-state index in [0.717, 1.165) is 0 Å². The number of rotatable bonds is 3. The Balaban J connectivity index is 0. The van der Waals surface area contributed by atoms with Crippen LogP contribution in [0.2, 0.25) is 0 Å². The van der Waals surface area contributed by atoms with Gasteiger partial charge in [-0.3, -0.25) is 0 Å². The Morgan fingerprint density at radius 2 is 1.12 bits per heavy atom. The predicted octanol–water partition coefficient (Wildman–Crippen LogP) is -3.79. The second-order valence-corrected chi connectivity index (χ2v) is 5.43. The van der Waals surface area contributed by atoms with Gasteiger partial charge in [0.2, 0.25) is 0 Å². The third-order valence-electron chi connectivity index (χ3n) is 3.86. The quantitative estimate of drug-likeness (QED) is 0.305. The first-order valence-electron chi connectivity index (χ1n) is 7.09. The van der Waals surface area contributed by atoms with Crippen molar-refractivity contribution in [3.05, 3.63) is 101 Å². The van der Waals surface area contributed by atoms with Crippen molar-refractivity contribution in [3.8, 4) is 0 Å². The van der Waals surface area contributed by atoms with Crippen molar-refractivity contribution in [3.63, 3.8) is 0 Å². The zero-order valence-corrected chi connectivity index (χ0v) is 17.5. The van der Waals surface area contributed by atoms with Crippen LogP contribution in [0.4, 0.5) is 0 Å². The van der Waals surface area contributed by atoms with E-state index in [1.54, 1.807) is 0 Å². The number of hydrogen-bond acceptors (Lipinski definition) is 0. The average molecular weight is 414 g/mol. The molecule has 3 rings (SSSR count).